The third-order valence-electron chi connectivity index (χ3n) is 4.17. The Hall–Kier alpha value is -2.64. The van der Waals surface area contributed by atoms with Crippen molar-refractivity contribution in [3.8, 4) is 5.75 Å². The van der Waals surface area contributed by atoms with Crippen LogP contribution in [0.4, 0.5) is 11.4 Å². The average molecular weight is 568 g/mol. The van der Waals surface area contributed by atoms with Crippen LogP contribution in [0.1, 0.15) is 10.4 Å². The van der Waals surface area contributed by atoms with Crippen LogP contribution in [0.25, 0.3) is 0 Å². The Morgan fingerprint density at radius 2 is 1.91 bits per heavy atom. The number of amides is 1. The Bertz CT molecular complexity index is 1230. The first-order valence-corrected chi connectivity index (χ1v) is 12.1. The van der Waals surface area contributed by atoms with Crippen molar-refractivity contribution in [2.75, 3.05) is 12.4 Å². The van der Waals surface area contributed by atoms with E-state index in [0.717, 1.165) is 11.5 Å². The predicted molar refractivity (Wildman–Crippen MR) is 134 cm³/mol. The number of nitrogens with zero attached hydrogens (tertiary/aromatic N) is 1. The number of carbonyl (C=O) groups is 1. The summed E-state index contributed by atoms with van der Waals surface area (Å²) in [6, 6.07) is 8.93. The van der Waals surface area contributed by atoms with Crippen molar-refractivity contribution in [3.05, 3.63) is 70.1 Å². The SMILES string of the molecule is C=CS(=O)(=O)c1ccc(NC(=S)NC(NC(=O)c2cccc([N+](=O)[O-])c2)C(Cl)(Cl)Cl)c(OC)c1. The lowest BCUT2D eigenvalue weighted by atomic mass is 10.2. The monoisotopic (exact) mass is 566 g/mol. The molecule has 0 aromatic heterocycles. The van der Waals surface area contributed by atoms with Crippen molar-refractivity contribution in [3.63, 3.8) is 0 Å². The maximum atomic E-state index is 12.6. The molecule has 34 heavy (non-hydrogen) atoms. The minimum Gasteiger partial charge on any atom is -0.495 e. The van der Waals surface area contributed by atoms with Gasteiger partial charge in [0.1, 0.15) is 11.9 Å². The highest BCUT2D eigenvalue weighted by atomic mass is 35.6. The van der Waals surface area contributed by atoms with Gasteiger partial charge in [0, 0.05) is 29.2 Å². The number of anilines is 1. The van der Waals surface area contributed by atoms with Crippen LogP contribution >= 0.6 is 47.0 Å². The summed E-state index contributed by atoms with van der Waals surface area (Å²) in [5.74, 6) is -0.634. The molecule has 2 rings (SSSR count). The fraction of sp³-hybridized carbons (Fsp3) is 0.158. The molecule has 1 atom stereocenters. The molecule has 0 radical (unpaired) electrons. The largest absolute Gasteiger partial charge is 0.495 e. The van der Waals surface area contributed by atoms with E-state index < -0.39 is 30.6 Å². The molecule has 3 N–H and O–H groups in total. The molecule has 2 aromatic rings. The highest BCUT2D eigenvalue weighted by Gasteiger charge is 2.35. The number of halogens is 3. The fourth-order valence-corrected chi connectivity index (χ4v) is 3.79. The van der Waals surface area contributed by atoms with Gasteiger partial charge in [-0.1, -0.05) is 47.4 Å². The molecular formula is C19H17Cl3N4O6S2. The van der Waals surface area contributed by atoms with E-state index in [-0.39, 0.29) is 32.7 Å². The summed E-state index contributed by atoms with van der Waals surface area (Å²) in [5, 5.41) is 19.4. The zero-order chi connectivity index (χ0) is 25.7. The molecule has 1 amide bonds. The second-order valence-corrected chi connectivity index (χ2v) is 11.1. The highest BCUT2D eigenvalue weighted by molar-refractivity contribution is 7.94. The van der Waals surface area contributed by atoms with Gasteiger partial charge in [0.2, 0.25) is 3.79 Å². The number of carbonyl (C=O) groups excluding carboxylic acids is 1. The number of ether oxygens (including phenoxy) is 1. The van der Waals surface area contributed by atoms with Gasteiger partial charge in [0.15, 0.2) is 14.9 Å². The van der Waals surface area contributed by atoms with Gasteiger partial charge in [-0.2, -0.15) is 0 Å². The van der Waals surface area contributed by atoms with Crippen LogP contribution in [0.3, 0.4) is 0 Å². The molecule has 15 heteroatoms. The number of nitro benzene ring substituents is 1. The highest BCUT2D eigenvalue weighted by Crippen LogP contribution is 2.31. The van der Waals surface area contributed by atoms with E-state index in [4.69, 9.17) is 51.8 Å². The zero-order valence-corrected chi connectivity index (χ0v) is 21.2. The minimum absolute atomic E-state index is 0.0465. The molecule has 0 saturated heterocycles. The molecule has 182 valence electrons. The van der Waals surface area contributed by atoms with Crippen molar-refractivity contribution in [1.29, 1.82) is 0 Å². The number of thiocarbonyl (C=S) groups is 1. The summed E-state index contributed by atoms with van der Waals surface area (Å²) in [7, 11) is -2.37. The molecule has 0 spiro atoms. The van der Waals surface area contributed by atoms with Crippen molar-refractivity contribution < 1.29 is 22.9 Å². The number of nitrogens with one attached hydrogen (secondary N) is 3. The number of hydrogen-bond donors (Lipinski definition) is 3. The van der Waals surface area contributed by atoms with Crippen LogP contribution < -0.4 is 20.7 Å². The molecule has 0 aliphatic heterocycles. The minimum atomic E-state index is -3.70. The van der Waals surface area contributed by atoms with Crippen LogP contribution in [-0.2, 0) is 9.84 Å². The van der Waals surface area contributed by atoms with E-state index in [0.29, 0.717) is 0 Å². The summed E-state index contributed by atoms with van der Waals surface area (Å²) in [4.78, 5) is 22.8. The van der Waals surface area contributed by atoms with Crippen LogP contribution in [0.15, 0.2) is 59.3 Å². The zero-order valence-electron chi connectivity index (χ0n) is 17.3. The van der Waals surface area contributed by atoms with Crippen molar-refractivity contribution in [2.45, 2.75) is 14.9 Å². The second kappa shape index (κ2) is 11.2. The van der Waals surface area contributed by atoms with Gasteiger partial charge < -0.3 is 20.7 Å². The third kappa shape index (κ3) is 7.18. The number of alkyl halides is 3. The van der Waals surface area contributed by atoms with Crippen molar-refractivity contribution in [2.24, 2.45) is 0 Å². The Labute approximate surface area is 215 Å². The van der Waals surface area contributed by atoms with E-state index >= 15 is 0 Å². The molecular weight excluding hydrogens is 551 g/mol. The summed E-state index contributed by atoms with van der Waals surface area (Å²) in [5.41, 5.74) is -0.0665. The molecule has 0 heterocycles. The van der Waals surface area contributed by atoms with E-state index in [9.17, 15) is 23.3 Å². The van der Waals surface area contributed by atoms with E-state index in [1.54, 1.807) is 0 Å². The molecule has 0 bridgehead atoms. The number of nitro groups is 1. The van der Waals surface area contributed by atoms with Gasteiger partial charge in [-0.3, -0.25) is 14.9 Å². The Morgan fingerprint density at radius 1 is 1.24 bits per heavy atom. The van der Waals surface area contributed by atoms with Gasteiger partial charge in [0.25, 0.3) is 11.6 Å². The quantitative estimate of drug-likeness (QED) is 0.142. The smallest absolute Gasteiger partial charge is 0.270 e. The number of hydrogen-bond acceptors (Lipinski definition) is 7. The Balaban J connectivity index is 2.21. The van der Waals surface area contributed by atoms with Gasteiger partial charge in [0.05, 0.1) is 22.6 Å². The number of non-ortho nitro benzene ring substituents is 1. The number of sulfone groups is 1. The lowest BCUT2D eigenvalue weighted by Crippen LogP contribution is -2.56. The van der Waals surface area contributed by atoms with Crippen molar-refractivity contribution >= 4 is 79.3 Å². The molecule has 10 nitrogen and oxygen atoms in total. The molecule has 0 fully saturated rings. The van der Waals surface area contributed by atoms with Gasteiger partial charge in [-0.15, -0.1) is 0 Å². The van der Waals surface area contributed by atoms with Crippen molar-refractivity contribution in [1.82, 2.24) is 10.6 Å². The standard InChI is InChI=1S/C19H17Cl3N4O6S2/c1-3-34(30,31)13-7-8-14(15(10-13)32-2)23-18(33)25-17(19(20,21)22)24-16(27)11-5-4-6-12(9-11)26(28)29/h3-10,17H,1H2,2H3,(H,24,27)(H2,23,25,33). The summed E-state index contributed by atoms with van der Waals surface area (Å²) >= 11 is 23.1. The number of methoxy groups -OCH3 is 1. The third-order valence-corrected chi connectivity index (χ3v) is 6.39. The van der Waals surface area contributed by atoms with Crippen LogP contribution in [0, 0.1) is 10.1 Å². The van der Waals surface area contributed by atoms with E-state index in [1.807, 2.05) is 0 Å². The normalized spacial score (nSPS) is 12.2. The first-order chi connectivity index (χ1) is 15.8. The summed E-state index contributed by atoms with van der Waals surface area (Å²) in [6.07, 6.45) is -1.37. The first kappa shape index (κ1) is 27.6. The van der Waals surface area contributed by atoms with Crippen LogP contribution in [0.2, 0.25) is 0 Å². The molecule has 2 aromatic carbocycles. The van der Waals surface area contributed by atoms with Gasteiger partial charge in [-0.25, -0.2) is 8.42 Å². The van der Waals surface area contributed by atoms with Crippen LogP contribution in [0.5, 0.6) is 5.75 Å². The maximum absolute atomic E-state index is 12.6. The Morgan fingerprint density at radius 3 is 2.47 bits per heavy atom. The second-order valence-electron chi connectivity index (χ2n) is 6.43. The van der Waals surface area contributed by atoms with Gasteiger partial charge >= 0.3 is 0 Å². The van der Waals surface area contributed by atoms with Crippen LogP contribution in [-0.4, -0.2) is 41.4 Å². The first-order valence-electron chi connectivity index (χ1n) is 9.03. The topological polar surface area (TPSA) is 140 Å². The molecule has 0 aliphatic carbocycles. The Kier molecular flexibility index (Phi) is 9.08. The maximum Gasteiger partial charge on any atom is 0.270 e. The summed E-state index contributed by atoms with van der Waals surface area (Å²) in [6.45, 7) is 3.27. The molecule has 1 unspecified atom stereocenters. The van der Waals surface area contributed by atoms with E-state index in [2.05, 4.69) is 22.5 Å². The average Bonchev–Trinajstić information content (AvgIpc) is 2.78. The lowest BCUT2D eigenvalue weighted by molar-refractivity contribution is -0.384. The van der Waals surface area contributed by atoms with Gasteiger partial charge in [-0.05, 0) is 30.4 Å². The number of benzene rings is 2. The lowest BCUT2D eigenvalue weighted by Gasteiger charge is -2.28. The fourth-order valence-electron chi connectivity index (χ4n) is 2.51. The molecule has 0 saturated carbocycles. The number of rotatable bonds is 8. The van der Waals surface area contributed by atoms with E-state index in [1.165, 1.54) is 43.5 Å². The predicted octanol–water partition coefficient (Wildman–Crippen LogP) is 3.93. The molecule has 0 aliphatic rings. The summed E-state index contributed by atoms with van der Waals surface area (Å²) < 4.78 is 27.1.